The molecular formula is C15H20ClNO5. The van der Waals surface area contributed by atoms with E-state index in [1.807, 2.05) is 6.07 Å². The van der Waals surface area contributed by atoms with E-state index in [1.54, 1.807) is 25.3 Å². The minimum Gasteiger partial charge on any atom is -0.467 e. The molecule has 0 bridgehead atoms. The van der Waals surface area contributed by atoms with Crippen LogP contribution in [-0.4, -0.2) is 52.0 Å². The zero-order valence-electron chi connectivity index (χ0n) is 12.6. The highest BCUT2D eigenvalue weighted by molar-refractivity contribution is 6.31. The van der Waals surface area contributed by atoms with Crippen molar-refractivity contribution in [2.45, 2.75) is 12.5 Å². The molecule has 1 aromatic rings. The number of benzene rings is 1. The van der Waals surface area contributed by atoms with Crippen molar-refractivity contribution >= 4 is 23.5 Å². The molecule has 1 amide bonds. The molecule has 6 nitrogen and oxygen atoms in total. The van der Waals surface area contributed by atoms with Gasteiger partial charge >= 0.3 is 5.97 Å². The summed E-state index contributed by atoms with van der Waals surface area (Å²) in [6.45, 7) is 0.546. The van der Waals surface area contributed by atoms with Gasteiger partial charge in [0.25, 0.3) is 0 Å². The Bertz CT molecular complexity index is 495. The Kier molecular flexibility index (Phi) is 8.50. The van der Waals surface area contributed by atoms with E-state index in [4.69, 9.17) is 25.8 Å². The first-order chi connectivity index (χ1) is 10.6. The highest BCUT2D eigenvalue weighted by Crippen LogP contribution is 2.17. The second-order valence-corrected chi connectivity index (χ2v) is 4.89. The average molecular weight is 330 g/mol. The molecule has 1 rings (SSSR count). The van der Waals surface area contributed by atoms with E-state index in [0.717, 1.165) is 5.56 Å². The van der Waals surface area contributed by atoms with Gasteiger partial charge in [0, 0.05) is 18.6 Å². The normalized spacial score (nSPS) is 11.8. The average Bonchev–Trinajstić information content (AvgIpc) is 2.52. The van der Waals surface area contributed by atoms with Crippen LogP contribution in [0.1, 0.15) is 5.56 Å². The molecule has 0 aromatic heterocycles. The quantitative estimate of drug-likeness (QED) is 0.544. The van der Waals surface area contributed by atoms with Gasteiger partial charge in [0.1, 0.15) is 12.6 Å². The van der Waals surface area contributed by atoms with Gasteiger partial charge in [-0.3, -0.25) is 4.79 Å². The van der Waals surface area contributed by atoms with Crippen LogP contribution < -0.4 is 5.32 Å². The van der Waals surface area contributed by atoms with E-state index in [9.17, 15) is 9.59 Å². The number of methoxy groups -OCH3 is 2. The summed E-state index contributed by atoms with van der Waals surface area (Å²) in [4.78, 5) is 23.6. The minimum absolute atomic E-state index is 0.153. The van der Waals surface area contributed by atoms with Gasteiger partial charge in [-0.05, 0) is 11.6 Å². The van der Waals surface area contributed by atoms with Crippen LogP contribution in [0.25, 0.3) is 0 Å². The minimum atomic E-state index is -0.816. The third-order valence-corrected chi connectivity index (χ3v) is 3.24. The first-order valence-corrected chi connectivity index (χ1v) is 7.13. The van der Waals surface area contributed by atoms with E-state index in [1.165, 1.54) is 7.11 Å². The van der Waals surface area contributed by atoms with Crippen molar-refractivity contribution in [3.8, 4) is 0 Å². The molecule has 1 atom stereocenters. The molecule has 1 aromatic carbocycles. The molecule has 0 aliphatic rings. The Balaban J connectivity index is 2.60. The third-order valence-electron chi connectivity index (χ3n) is 2.87. The number of rotatable bonds is 9. The van der Waals surface area contributed by atoms with Gasteiger partial charge in [0.05, 0.1) is 20.3 Å². The molecule has 1 N–H and O–H groups in total. The van der Waals surface area contributed by atoms with E-state index in [2.05, 4.69) is 5.32 Å². The van der Waals surface area contributed by atoms with Crippen molar-refractivity contribution in [3.63, 3.8) is 0 Å². The molecule has 0 unspecified atom stereocenters. The molecule has 0 aliphatic heterocycles. The van der Waals surface area contributed by atoms with Crippen LogP contribution in [0.2, 0.25) is 5.02 Å². The molecule has 0 spiro atoms. The molecule has 122 valence electrons. The SMILES string of the molecule is COCCOCC(=O)N[C@@H](Cc1ccccc1Cl)C(=O)OC. The zero-order valence-corrected chi connectivity index (χ0v) is 13.4. The molecule has 0 saturated carbocycles. The molecule has 0 fully saturated rings. The van der Waals surface area contributed by atoms with Crippen LogP contribution >= 0.6 is 11.6 Å². The van der Waals surface area contributed by atoms with Crippen molar-refractivity contribution in [2.75, 3.05) is 34.0 Å². The highest BCUT2D eigenvalue weighted by atomic mass is 35.5. The summed E-state index contributed by atoms with van der Waals surface area (Å²) in [7, 11) is 2.81. The lowest BCUT2D eigenvalue weighted by Gasteiger charge is -2.17. The number of ether oxygens (including phenoxy) is 3. The number of hydrogen-bond acceptors (Lipinski definition) is 5. The van der Waals surface area contributed by atoms with Gasteiger partial charge in [-0.15, -0.1) is 0 Å². The summed E-state index contributed by atoms with van der Waals surface area (Å²) in [5.41, 5.74) is 0.750. The van der Waals surface area contributed by atoms with Crippen molar-refractivity contribution < 1.29 is 23.8 Å². The maximum Gasteiger partial charge on any atom is 0.328 e. The Morgan fingerprint density at radius 1 is 1.23 bits per heavy atom. The predicted octanol–water partition coefficient (Wildman–Crippen LogP) is 1.20. The van der Waals surface area contributed by atoms with E-state index >= 15 is 0 Å². The predicted molar refractivity (Wildman–Crippen MR) is 81.8 cm³/mol. The molecular weight excluding hydrogens is 310 g/mol. The van der Waals surface area contributed by atoms with Gasteiger partial charge in [-0.1, -0.05) is 29.8 Å². The van der Waals surface area contributed by atoms with Gasteiger partial charge in [0.2, 0.25) is 5.91 Å². The highest BCUT2D eigenvalue weighted by Gasteiger charge is 2.22. The van der Waals surface area contributed by atoms with Gasteiger partial charge in [-0.2, -0.15) is 0 Å². The molecule has 0 heterocycles. The molecule has 7 heteroatoms. The fourth-order valence-corrected chi connectivity index (χ4v) is 1.98. The number of carbonyl (C=O) groups excluding carboxylic acids is 2. The second kappa shape index (κ2) is 10.2. The van der Waals surface area contributed by atoms with E-state index in [0.29, 0.717) is 18.2 Å². The van der Waals surface area contributed by atoms with E-state index < -0.39 is 17.9 Å². The van der Waals surface area contributed by atoms with Crippen molar-refractivity contribution in [3.05, 3.63) is 34.9 Å². The largest absolute Gasteiger partial charge is 0.467 e. The fraction of sp³-hybridized carbons (Fsp3) is 0.467. The van der Waals surface area contributed by atoms with E-state index in [-0.39, 0.29) is 13.0 Å². The first kappa shape index (κ1) is 18.4. The summed E-state index contributed by atoms with van der Waals surface area (Å²) in [5, 5.41) is 3.11. The van der Waals surface area contributed by atoms with Crippen LogP contribution in [0.3, 0.4) is 0 Å². The Morgan fingerprint density at radius 2 is 1.95 bits per heavy atom. The molecule has 0 aliphatic carbocycles. The lowest BCUT2D eigenvalue weighted by Crippen LogP contribution is -2.44. The number of carbonyl (C=O) groups is 2. The van der Waals surface area contributed by atoms with Gasteiger partial charge in [-0.25, -0.2) is 4.79 Å². The fourth-order valence-electron chi connectivity index (χ4n) is 1.76. The maximum absolute atomic E-state index is 11.8. The summed E-state index contributed by atoms with van der Waals surface area (Å²) in [6, 6.07) is 6.30. The lowest BCUT2D eigenvalue weighted by atomic mass is 10.1. The van der Waals surface area contributed by atoms with Crippen molar-refractivity contribution in [1.29, 1.82) is 0 Å². The number of halogens is 1. The van der Waals surface area contributed by atoms with Crippen LogP contribution in [-0.2, 0) is 30.2 Å². The summed E-state index contributed by atoms with van der Waals surface area (Å²) >= 11 is 6.07. The van der Waals surface area contributed by atoms with Crippen molar-refractivity contribution in [1.82, 2.24) is 5.32 Å². The monoisotopic (exact) mass is 329 g/mol. The van der Waals surface area contributed by atoms with Crippen LogP contribution in [0.5, 0.6) is 0 Å². The van der Waals surface area contributed by atoms with Crippen LogP contribution in [0.15, 0.2) is 24.3 Å². The number of esters is 1. The summed E-state index contributed by atoms with van der Waals surface area (Å²) < 4.78 is 14.6. The van der Waals surface area contributed by atoms with Crippen LogP contribution in [0, 0.1) is 0 Å². The lowest BCUT2D eigenvalue weighted by molar-refractivity contribution is -0.145. The maximum atomic E-state index is 11.8. The Morgan fingerprint density at radius 3 is 2.59 bits per heavy atom. The molecule has 0 radical (unpaired) electrons. The first-order valence-electron chi connectivity index (χ1n) is 6.75. The van der Waals surface area contributed by atoms with Crippen molar-refractivity contribution in [2.24, 2.45) is 0 Å². The summed E-state index contributed by atoms with van der Waals surface area (Å²) in [5.74, 6) is -0.941. The third kappa shape index (κ3) is 6.43. The smallest absolute Gasteiger partial charge is 0.328 e. The number of nitrogens with one attached hydrogen (secondary N) is 1. The Labute approximate surface area is 134 Å². The standard InChI is InChI=1S/C15H20ClNO5/c1-20-7-8-22-10-14(18)17-13(15(19)21-2)9-11-5-3-4-6-12(11)16/h3-6,13H,7-10H2,1-2H3,(H,17,18)/t13-/m0/s1. The summed E-state index contributed by atoms with van der Waals surface area (Å²) in [6.07, 6.45) is 0.246. The molecule has 22 heavy (non-hydrogen) atoms. The number of amides is 1. The zero-order chi connectivity index (χ0) is 16.4. The van der Waals surface area contributed by atoms with Gasteiger partial charge < -0.3 is 19.5 Å². The van der Waals surface area contributed by atoms with Crippen LogP contribution in [0.4, 0.5) is 0 Å². The Hall–Kier alpha value is -1.63. The molecule has 0 saturated heterocycles. The number of hydrogen-bond donors (Lipinski definition) is 1. The second-order valence-electron chi connectivity index (χ2n) is 4.48. The topological polar surface area (TPSA) is 73.9 Å². The van der Waals surface area contributed by atoms with Gasteiger partial charge in [0.15, 0.2) is 0 Å².